The lowest BCUT2D eigenvalue weighted by atomic mass is 10.0. The van der Waals surface area contributed by atoms with E-state index in [0.717, 1.165) is 18.0 Å². The summed E-state index contributed by atoms with van der Waals surface area (Å²) in [6, 6.07) is 6.57. The van der Waals surface area contributed by atoms with Crippen molar-refractivity contribution in [2.24, 2.45) is 5.92 Å². The Hall–Kier alpha value is -1.22. The first-order valence-corrected chi connectivity index (χ1v) is 7.11. The van der Waals surface area contributed by atoms with Gasteiger partial charge in [-0.05, 0) is 43.5 Å². The summed E-state index contributed by atoms with van der Waals surface area (Å²) in [4.78, 5) is 2.57. The summed E-state index contributed by atoms with van der Waals surface area (Å²) in [6.45, 7) is 6.88. The minimum Gasteiger partial charge on any atom is -0.497 e. The van der Waals surface area contributed by atoms with E-state index < -0.39 is 0 Å². The predicted molar refractivity (Wildman–Crippen MR) is 77.9 cm³/mol. The van der Waals surface area contributed by atoms with Crippen LogP contribution in [0, 0.1) is 5.92 Å². The van der Waals surface area contributed by atoms with Crippen LogP contribution in [-0.4, -0.2) is 32.2 Å². The van der Waals surface area contributed by atoms with Crippen LogP contribution in [0.1, 0.15) is 38.3 Å². The fourth-order valence-corrected chi connectivity index (χ4v) is 2.97. The summed E-state index contributed by atoms with van der Waals surface area (Å²) in [5, 5.41) is 0. The van der Waals surface area contributed by atoms with Crippen LogP contribution < -0.4 is 9.47 Å². The third-order valence-electron chi connectivity index (χ3n) is 3.76. The molecule has 1 fully saturated rings. The van der Waals surface area contributed by atoms with Crippen molar-refractivity contribution in [3.05, 3.63) is 23.8 Å². The monoisotopic (exact) mass is 263 g/mol. The molecule has 1 aliphatic rings. The Bertz CT molecular complexity index is 417. The fourth-order valence-electron chi connectivity index (χ4n) is 2.97. The molecule has 3 heteroatoms. The highest BCUT2D eigenvalue weighted by atomic mass is 16.5. The van der Waals surface area contributed by atoms with Gasteiger partial charge in [0, 0.05) is 18.2 Å². The van der Waals surface area contributed by atoms with Crippen LogP contribution >= 0.6 is 0 Å². The maximum absolute atomic E-state index is 5.53. The van der Waals surface area contributed by atoms with Crippen molar-refractivity contribution >= 4 is 0 Å². The largest absolute Gasteiger partial charge is 0.497 e. The molecule has 0 spiro atoms. The Morgan fingerprint density at radius 2 is 2.05 bits per heavy atom. The molecule has 1 aliphatic heterocycles. The zero-order valence-corrected chi connectivity index (χ0v) is 12.5. The molecule has 0 N–H and O–H groups in total. The first-order chi connectivity index (χ1) is 9.15. The number of rotatable bonds is 5. The second-order valence-corrected chi connectivity index (χ2v) is 5.65. The van der Waals surface area contributed by atoms with Crippen LogP contribution in [0.2, 0.25) is 0 Å². The normalized spacial score (nSPS) is 19.9. The van der Waals surface area contributed by atoms with Gasteiger partial charge in [-0.1, -0.05) is 13.8 Å². The molecule has 2 rings (SSSR count). The Kier molecular flexibility index (Phi) is 4.70. The van der Waals surface area contributed by atoms with E-state index in [-0.39, 0.29) is 0 Å². The molecular formula is C16H25NO2. The second-order valence-electron chi connectivity index (χ2n) is 5.65. The molecule has 0 aliphatic carbocycles. The van der Waals surface area contributed by atoms with Gasteiger partial charge in [0.2, 0.25) is 0 Å². The number of hydrogen-bond donors (Lipinski definition) is 0. The molecule has 19 heavy (non-hydrogen) atoms. The van der Waals surface area contributed by atoms with Gasteiger partial charge in [0.05, 0.1) is 14.2 Å². The van der Waals surface area contributed by atoms with Gasteiger partial charge in [-0.15, -0.1) is 0 Å². The molecule has 0 amide bonds. The van der Waals surface area contributed by atoms with Crippen LogP contribution in [0.15, 0.2) is 18.2 Å². The van der Waals surface area contributed by atoms with Crippen molar-refractivity contribution in [1.82, 2.24) is 4.90 Å². The molecular weight excluding hydrogens is 238 g/mol. The van der Waals surface area contributed by atoms with Crippen molar-refractivity contribution in [2.45, 2.75) is 32.7 Å². The van der Waals surface area contributed by atoms with Crippen molar-refractivity contribution in [3.63, 3.8) is 0 Å². The van der Waals surface area contributed by atoms with Crippen LogP contribution in [-0.2, 0) is 0 Å². The molecule has 1 atom stereocenters. The number of likely N-dealkylation sites (tertiary alicyclic amines) is 1. The highest BCUT2D eigenvalue weighted by molar-refractivity contribution is 5.42. The van der Waals surface area contributed by atoms with Gasteiger partial charge in [0.15, 0.2) is 0 Å². The number of ether oxygens (including phenoxy) is 2. The first kappa shape index (κ1) is 14.2. The lowest BCUT2D eigenvalue weighted by molar-refractivity contribution is 0.224. The van der Waals surface area contributed by atoms with Crippen molar-refractivity contribution < 1.29 is 9.47 Å². The summed E-state index contributed by atoms with van der Waals surface area (Å²) in [7, 11) is 3.46. The van der Waals surface area contributed by atoms with E-state index >= 15 is 0 Å². The summed E-state index contributed by atoms with van der Waals surface area (Å²) in [5.74, 6) is 2.57. The van der Waals surface area contributed by atoms with Gasteiger partial charge >= 0.3 is 0 Å². The Balaban J connectivity index is 2.28. The molecule has 1 saturated heterocycles. The average Bonchev–Trinajstić information content (AvgIpc) is 2.85. The third-order valence-corrected chi connectivity index (χ3v) is 3.76. The molecule has 1 heterocycles. The molecule has 1 aromatic carbocycles. The third kappa shape index (κ3) is 3.21. The molecule has 0 aromatic heterocycles. The van der Waals surface area contributed by atoms with E-state index in [2.05, 4.69) is 24.8 Å². The van der Waals surface area contributed by atoms with Crippen molar-refractivity contribution in [2.75, 3.05) is 27.3 Å². The molecule has 1 aromatic rings. The van der Waals surface area contributed by atoms with Gasteiger partial charge in [0.1, 0.15) is 11.5 Å². The molecule has 106 valence electrons. The molecule has 0 radical (unpaired) electrons. The molecule has 3 nitrogen and oxygen atoms in total. The Morgan fingerprint density at radius 3 is 2.68 bits per heavy atom. The van der Waals surface area contributed by atoms with Gasteiger partial charge in [-0.3, -0.25) is 4.90 Å². The van der Waals surface area contributed by atoms with Gasteiger partial charge in [0.25, 0.3) is 0 Å². The summed E-state index contributed by atoms with van der Waals surface area (Å²) < 4.78 is 10.9. The maximum atomic E-state index is 5.53. The first-order valence-electron chi connectivity index (χ1n) is 7.11. The van der Waals surface area contributed by atoms with Crippen molar-refractivity contribution in [3.8, 4) is 11.5 Å². The van der Waals surface area contributed by atoms with Gasteiger partial charge in [-0.25, -0.2) is 0 Å². The molecule has 0 bridgehead atoms. The summed E-state index contributed by atoms with van der Waals surface area (Å²) in [6.07, 6.45) is 2.47. The standard InChI is InChI=1S/C16H25NO2/c1-12(2)11-17-9-5-6-15(17)14-10-13(18-3)7-8-16(14)19-4/h7-8,10,12,15H,5-6,9,11H2,1-4H3. The Labute approximate surface area is 116 Å². The van der Waals surface area contributed by atoms with Crippen LogP contribution in [0.3, 0.4) is 0 Å². The number of nitrogens with zero attached hydrogens (tertiary/aromatic N) is 1. The second kappa shape index (κ2) is 6.29. The molecule has 0 saturated carbocycles. The quantitative estimate of drug-likeness (QED) is 0.811. The minimum atomic E-state index is 0.465. The van der Waals surface area contributed by atoms with Crippen LogP contribution in [0.4, 0.5) is 0 Å². The van der Waals surface area contributed by atoms with E-state index in [1.807, 2.05) is 12.1 Å². The van der Waals surface area contributed by atoms with Crippen LogP contribution in [0.5, 0.6) is 11.5 Å². The lowest BCUT2D eigenvalue weighted by Gasteiger charge is -2.27. The van der Waals surface area contributed by atoms with E-state index in [0.29, 0.717) is 12.0 Å². The van der Waals surface area contributed by atoms with Crippen LogP contribution in [0.25, 0.3) is 0 Å². The van der Waals surface area contributed by atoms with Crippen molar-refractivity contribution in [1.29, 1.82) is 0 Å². The summed E-state index contributed by atoms with van der Waals surface area (Å²) in [5.41, 5.74) is 1.26. The highest BCUT2D eigenvalue weighted by Crippen LogP contribution is 2.39. The number of methoxy groups -OCH3 is 2. The number of hydrogen-bond acceptors (Lipinski definition) is 3. The fraction of sp³-hybridized carbons (Fsp3) is 0.625. The topological polar surface area (TPSA) is 21.7 Å². The van der Waals surface area contributed by atoms with Gasteiger partial charge < -0.3 is 9.47 Å². The number of benzene rings is 1. The maximum Gasteiger partial charge on any atom is 0.123 e. The predicted octanol–water partition coefficient (Wildman–Crippen LogP) is 3.50. The zero-order valence-electron chi connectivity index (χ0n) is 12.5. The van der Waals surface area contributed by atoms with E-state index in [4.69, 9.17) is 9.47 Å². The zero-order chi connectivity index (χ0) is 13.8. The average molecular weight is 263 g/mol. The minimum absolute atomic E-state index is 0.465. The van der Waals surface area contributed by atoms with Gasteiger partial charge in [-0.2, -0.15) is 0 Å². The molecule has 1 unspecified atom stereocenters. The SMILES string of the molecule is COc1ccc(OC)c(C2CCCN2CC(C)C)c1. The van der Waals surface area contributed by atoms with E-state index in [1.54, 1.807) is 14.2 Å². The smallest absolute Gasteiger partial charge is 0.123 e. The van der Waals surface area contributed by atoms with E-state index in [9.17, 15) is 0 Å². The lowest BCUT2D eigenvalue weighted by Crippen LogP contribution is -2.27. The van der Waals surface area contributed by atoms with E-state index in [1.165, 1.54) is 24.9 Å². The summed E-state index contributed by atoms with van der Waals surface area (Å²) >= 11 is 0. The highest BCUT2D eigenvalue weighted by Gasteiger charge is 2.28. The Morgan fingerprint density at radius 1 is 1.26 bits per heavy atom.